The number of carboxylic acids is 1. The van der Waals surface area contributed by atoms with E-state index in [4.69, 9.17) is 10.2 Å². The highest BCUT2D eigenvalue weighted by atomic mass is 16.4. The standard InChI is InChI=1S/C13H17NO4/c1-2-14(8-5-9-15)12(16)10-6-3-4-7-11(10)13(17)18/h3-4,6-7,15H,2,5,8-9H2,1H3,(H,17,18). The van der Waals surface area contributed by atoms with Gasteiger partial charge in [0, 0.05) is 19.7 Å². The van der Waals surface area contributed by atoms with Crippen LogP contribution in [0.2, 0.25) is 0 Å². The molecule has 1 aromatic rings. The van der Waals surface area contributed by atoms with Crippen LogP contribution in [0.4, 0.5) is 0 Å². The van der Waals surface area contributed by atoms with E-state index in [0.29, 0.717) is 19.5 Å². The van der Waals surface area contributed by atoms with Crippen LogP contribution >= 0.6 is 0 Å². The monoisotopic (exact) mass is 251 g/mol. The Kier molecular flexibility index (Phi) is 5.32. The zero-order valence-corrected chi connectivity index (χ0v) is 10.3. The van der Waals surface area contributed by atoms with Gasteiger partial charge in [-0.2, -0.15) is 0 Å². The predicted octanol–water partition coefficient (Wildman–Crippen LogP) is 1.23. The molecule has 0 fully saturated rings. The maximum Gasteiger partial charge on any atom is 0.336 e. The number of aromatic carboxylic acids is 1. The molecule has 1 amide bonds. The molecule has 0 heterocycles. The SMILES string of the molecule is CCN(CCCO)C(=O)c1ccccc1C(=O)O. The van der Waals surface area contributed by atoms with Gasteiger partial charge in [0.15, 0.2) is 0 Å². The van der Waals surface area contributed by atoms with E-state index in [0.717, 1.165) is 0 Å². The van der Waals surface area contributed by atoms with Crippen LogP contribution in [0.25, 0.3) is 0 Å². The van der Waals surface area contributed by atoms with E-state index in [1.54, 1.807) is 12.1 Å². The van der Waals surface area contributed by atoms with Crippen molar-refractivity contribution in [2.24, 2.45) is 0 Å². The molecule has 0 saturated carbocycles. The molecule has 1 aromatic carbocycles. The normalized spacial score (nSPS) is 10.1. The molecule has 1 rings (SSSR count). The second-order valence-corrected chi connectivity index (χ2v) is 3.81. The number of aliphatic hydroxyl groups is 1. The first kappa shape index (κ1) is 14.2. The first-order valence-electron chi connectivity index (χ1n) is 5.84. The lowest BCUT2D eigenvalue weighted by Gasteiger charge is -2.21. The number of amides is 1. The van der Waals surface area contributed by atoms with Crippen molar-refractivity contribution in [1.29, 1.82) is 0 Å². The minimum absolute atomic E-state index is 0.00432. The first-order chi connectivity index (χ1) is 8.61. The highest BCUT2D eigenvalue weighted by Crippen LogP contribution is 2.12. The fourth-order valence-electron chi connectivity index (χ4n) is 1.69. The lowest BCUT2D eigenvalue weighted by Crippen LogP contribution is -2.33. The minimum atomic E-state index is -1.11. The molecule has 5 nitrogen and oxygen atoms in total. The van der Waals surface area contributed by atoms with E-state index in [1.165, 1.54) is 17.0 Å². The van der Waals surface area contributed by atoms with Crippen LogP contribution in [0, 0.1) is 0 Å². The highest BCUT2D eigenvalue weighted by Gasteiger charge is 2.19. The fraction of sp³-hybridized carbons (Fsp3) is 0.385. The maximum absolute atomic E-state index is 12.2. The van der Waals surface area contributed by atoms with E-state index in [9.17, 15) is 9.59 Å². The van der Waals surface area contributed by atoms with Crippen molar-refractivity contribution in [2.75, 3.05) is 19.7 Å². The summed E-state index contributed by atoms with van der Waals surface area (Å²) in [4.78, 5) is 24.8. The highest BCUT2D eigenvalue weighted by molar-refractivity contribution is 6.04. The van der Waals surface area contributed by atoms with Gasteiger partial charge < -0.3 is 15.1 Å². The summed E-state index contributed by atoms with van der Waals surface area (Å²) in [7, 11) is 0. The van der Waals surface area contributed by atoms with Gasteiger partial charge in [0.25, 0.3) is 5.91 Å². The van der Waals surface area contributed by atoms with Crippen LogP contribution < -0.4 is 0 Å². The zero-order valence-electron chi connectivity index (χ0n) is 10.3. The Morgan fingerprint density at radius 3 is 2.33 bits per heavy atom. The topological polar surface area (TPSA) is 77.8 Å². The number of rotatable bonds is 6. The van der Waals surface area contributed by atoms with E-state index in [2.05, 4.69) is 0 Å². The van der Waals surface area contributed by atoms with Crippen molar-refractivity contribution in [3.63, 3.8) is 0 Å². The number of carbonyl (C=O) groups excluding carboxylic acids is 1. The van der Waals surface area contributed by atoms with Crippen LogP contribution in [0.1, 0.15) is 34.1 Å². The molecule has 0 spiro atoms. The maximum atomic E-state index is 12.2. The van der Waals surface area contributed by atoms with Gasteiger partial charge in [0.1, 0.15) is 0 Å². The Morgan fingerprint density at radius 1 is 1.22 bits per heavy atom. The zero-order chi connectivity index (χ0) is 13.5. The molecule has 0 atom stereocenters. The average Bonchev–Trinajstić information content (AvgIpc) is 2.39. The van der Waals surface area contributed by atoms with Crippen molar-refractivity contribution >= 4 is 11.9 Å². The van der Waals surface area contributed by atoms with E-state index < -0.39 is 5.97 Å². The second-order valence-electron chi connectivity index (χ2n) is 3.81. The Hall–Kier alpha value is -1.88. The second kappa shape index (κ2) is 6.76. The van der Waals surface area contributed by atoms with Crippen molar-refractivity contribution in [3.05, 3.63) is 35.4 Å². The molecule has 0 aromatic heterocycles. The summed E-state index contributed by atoms with van der Waals surface area (Å²) >= 11 is 0. The number of benzene rings is 1. The van der Waals surface area contributed by atoms with Crippen molar-refractivity contribution in [1.82, 2.24) is 4.90 Å². The molecule has 5 heteroatoms. The van der Waals surface area contributed by atoms with E-state index in [-0.39, 0.29) is 23.6 Å². The molecular formula is C13H17NO4. The molecule has 2 N–H and O–H groups in total. The van der Waals surface area contributed by atoms with Crippen molar-refractivity contribution < 1.29 is 19.8 Å². The lowest BCUT2D eigenvalue weighted by atomic mass is 10.1. The van der Waals surface area contributed by atoms with Crippen LogP contribution in [0.3, 0.4) is 0 Å². The van der Waals surface area contributed by atoms with Gasteiger partial charge in [-0.3, -0.25) is 4.79 Å². The van der Waals surface area contributed by atoms with Crippen LogP contribution in [0.5, 0.6) is 0 Å². The number of carboxylic acid groups (broad SMARTS) is 1. The minimum Gasteiger partial charge on any atom is -0.478 e. The predicted molar refractivity (Wildman–Crippen MR) is 66.7 cm³/mol. The van der Waals surface area contributed by atoms with E-state index in [1.807, 2.05) is 6.92 Å². The molecule has 0 saturated heterocycles. The molecule has 0 aliphatic heterocycles. The number of hydrogen-bond donors (Lipinski definition) is 2. The lowest BCUT2D eigenvalue weighted by molar-refractivity contribution is 0.0674. The van der Waals surface area contributed by atoms with Crippen LogP contribution in [-0.2, 0) is 0 Å². The van der Waals surface area contributed by atoms with Crippen molar-refractivity contribution in [2.45, 2.75) is 13.3 Å². The third-order valence-corrected chi connectivity index (χ3v) is 2.64. The molecule has 0 aliphatic carbocycles. The van der Waals surface area contributed by atoms with Gasteiger partial charge in [0.05, 0.1) is 11.1 Å². The number of carbonyl (C=O) groups is 2. The third kappa shape index (κ3) is 3.30. The fourth-order valence-corrected chi connectivity index (χ4v) is 1.69. The molecular weight excluding hydrogens is 234 g/mol. The summed E-state index contributed by atoms with van der Waals surface area (Å²) < 4.78 is 0. The summed E-state index contributed by atoms with van der Waals surface area (Å²) in [5.74, 6) is -1.43. The summed E-state index contributed by atoms with van der Waals surface area (Å²) in [6.07, 6.45) is 0.481. The molecule has 0 bridgehead atoms. The smallest absolute Gasteiger partial charge is 0.336 e. The quantitative estimate of drug-likeness (QED) is 0.797. The van der Waals surface area contributed by atoms with Gasteiger partial charge in [0.2, 0.25) is 0 Å². The number of hydrogen-bond acceptors (Lipinski definition) is 3. The van der Waals surface area contributed by atoms with E-state index >= 15 is 0 Å². The molecule has 0 aliphatic rings. The Labute approximate surface area is 106 Å². The van der Waals surface area contributed by atoms with Crippen LogP contribution in [-0.4, -0.2) is 46.7 Å². The third-order valence-electron chi connectivity index (χ3n) is 2.64. The Bertz CT molecular complexity index is 431. The first-order valence-corrected chi connectivity index (χ1v) is 5.84. The number of nitrogens with zero attached hydrogens (tertiary/aromatic N) is 1. The molecule has 0 radical (unpaired) electrons. The molecule has 18 heavy (non-hydrogen) atoms. The average molecular weight is 251 g/mol. The molecule has 98 valence electrons. The summed E-state index contributed by atoms with van der Waals surface area (Å²) in [6, 6.07) is 6.15. The molecule has 0 unspecified atom stereocenters. The largest absolute Gasteiger partial charge is 0.478 e. The Balaban J connectivity index is 2.98. The summed E-state index contributed by atoms with van der Waals surface area (Å²) in [5.41, 5.74) is 0.190. The summed E-state index contributed by atoms with van der Waals surface area (Å²) in [6.45, 7) is 2.72. The number of aliphatic hydroxyl groups excluding tert-OH is 1. The summed E-state index contributed by atoms with van der Waals surface area (Å²) in [5, 5.41) is 17.8. The van der Waals surface area contributed by atoms with Gasteiger partial charge in [-0.05, 0) is 25.5 Å². The van der Waals surface area contributed by atoms with Gasteiger partial charge in [-0.25, -0.2) is 4.79 Å². The van der Waals surface area contributed by atoms with Crippen molar-refractivity contribution in [3.8, 4) is 0 Å². The Morgan fingerprint density at radius 2 is 1.83 bits per heavy atom. The van der Waals surface area contributed by atoms with Gasteiger partial charge in [-0.15, -0.1) is 0 Å². The van der Waals surface area contributed by atoms with Gasteiger partial charge in [-0.1, -0.05) is 12.1 Å². The van der Waals surface area contributed by atoms with Crippen LogP contribution in [0.15, 0.2) is 24.3 Å². The van der Waals surface area contributed by atoms with Gasteiger partial charge >= 0.3 is 5.97 Å².